The van der Waals surface area contributed by atoms with Crippen molar-refractivity contribution < 1.29 is 19.0 Å². The maximum absolute atomic E-state index is 13.2. The van der Waals surface area contributed by atoms with Crippen LogP contribution in [0, 0.1) is 5.82 Å². The Bertz CT molecular complexity index is 438. The third-order valence-electron chi connectivity index (χ3n) is 2.33. The molecule has 1 rings (SSSR count). The van der Waals surface area contributed by atoms with E-state index >= 15 is 0 Å². The highest BCUT2D eigenvalue weighted by Crippen LogP contribution is 2.26. The van der Waals surface area contributed by atoms with Crippen LogP contribution >= 0.6 is 0 Å². The van der Waals surface area contributed by atoms with E-state index in [2.05, 4.69) is 5.32 Å². The molecule has 0 aliphatic rings. The lowest BCUT2D eigenvalue weighted by molar-refractivity contribution is 0.201. The number of hydrogen-bond donors (Lipinski definition) is 2. The van der Waals surface area contributed by atoms with Crippen molar-refractivity contribution >= 4 is 11.7 Å². The Morgan fingerprint density at radius 2 is 2.21 bits per heavy atom. The second-order valence-electron chi connectivity index (χ2n) is 4.38. The standard InChI is InChI=1S/C13H19FN2O3/c1-9(2)19-12-5-4-10(14)8-11(12)15-13(18)16(3)6-7-17/h4-5,8-9,17H,6-7H2,1-3H3,(H,15,18). The van der Waals surface area contributed by atoms with E-state index < -0.39 is 11.8 Å². The van der Waals surface area contributed by atoms with Crippen molar-refractivity contribution in [2.45, 2.75) is 20.0 Å². The summed E-state index contributed by atoms with van der Waals surface area (Å²) in [5.74, 6) is -0.0571. The van der Waals surface area contributed by atoms with Crippen LogP contribution in [0.5, 0.6) is 5.75 Å². The Labute approximate surface area is 112 Å². The van der Waals surface area contributed by atoms with Gasteiger partial charge in [-0.3, -0.25) is 0 Å². The molecule has 1 aromatic rings. The van der Waals surface area contributed by atoms with Gasteiger partial charge in [-0.15, -0.1) is 0 Å². The number of aliphatic hydroxyl groups is 1. The molecule has 0 heterocycles. The van der Waals surface area contributed by atoms with Crippen LogP contribution in [0.15, 0.2) is 18.2 Å². The summed E-state index contributed by atoms with van der Waals surface area (Å²) in [6.45, 7) is 3.74. The van der Waals surface area contributed by atoms with Gasteiger partial charge in [0.25, 0.3) is 0 Å². The lowest BCUT2D eigenvalue weighted by Gasteiger charge is -2.19. The van der Waals surface area contributed by atoms with Crippen molar-refractivity contribution in [3.05, 3.63) is 24.0 Å². The summed E-state index contributed by atoms with van der Waals surface area (Å²) in [4.78, 5) is 13.1. The number of likely N-dealkylation sites (N-methyl/N-ethyl adjacent to an activating group) is 1. The summed E-state index contributed by atoms with van der Waals surface area (Å²) >= 11 is 0. The molecule has 0 bridgehead atoms. The maximum Gasteiger partial charge on any atom is 0.321 e. The van der Waals surface area contributed by atoms with Gasteiger partial charge in [-0.05, 0) is 26.0 Å². The van der Waals surface area contributed by atoms with Gasteiger partial charge in [0.1, 0.15) is 11.6 Å². The van der Waals surface area contributed by atoms with Gasteiger partial charge in [0, 0.05) is 19.7 Å². The van der Waals surface area contributed by atoms with Crippen LogP contribution < -0.4 is 10.1 Å². The Morgan fingerprint density at radius 1 is 1.53 bits per heavy atom. The molecule has 0 fully saturated rings. The van der Waals surface area contributed by atoms with E-state index in [-0.39, 0.29) is 24.9 Å². The Morgan fingerprint density at radius 3 is 2.79 bits per heavy atom. The minimum Gasteiger partial charge on any atom is -0.489 e. The van der Waals surface area contributed by atoms with Crippen LogP contribution in [0.4, 0.5) is 14.9 Å². The number of ether oxygens (including phenoxy) is 1. The number of nitrogens with one attached hydrogen (secondary N) is 1. The van der Waals surface area contributed by atoms with Crippen LogP contribution in [0.25, 0.3) is 0 Å². The van der Waals surface area contributed by atoms with E-state index in [4.69, 9.17) is 9.84 Å². The molecule has 1 aromatic carbocycles. The van der Waals surface area contributed by atoms with Crippen molar-refractivity contribution in [2.75, 3.05) is 25.5 Å². The average Bonchev–Trinajstić information content (AvgIpc) is 2.32. The number of carbonyl (C=O) groups is 1. The molecule has 0 spiro atoms. The molecule has 0 saturated carbocycles. The number of nitrogens with zero attached hydrogens (tertiary/aromatic N) is 1. The quantitative estimate of drug-likeness (QED) is 0.861. The molecule has 0 radical (unpaired) electrons. The van der Waals surface area contributed by atoms with Gasteiger partial charge in [-0.25, -0.2) is 9.18 Å². The summed E-state index contributed by atoms with van der Waals surface area (Å²) in [5.41, 5.74) is 0.267. The maximum atomic E-state index is 13.2. The number of hydrogen-bond acceptors (Lipinski definition) is 3. The van der Waals surface area contributed by atoms with Crippen molar-refractivity contribution in [3.63, 3.8) is 0 Å². The van der Waals surface area contributed by atoms with Crippen LogP contribution in [0.3, 0.4) is 0 Å². The fraction of sp³-hybridized carbons (Fsp3) is 0.462. The Hall–Kier alpha value is -1.82. The third-order valence-corrected chi connectivity index (χ3v) is 2.33. The molecule has 0 aromatic heterocycles. The predicted octanol–water partition coefficient (Wildman–Crippen LogP) is 2.07. The number of carbonyl (C=O) groups excluding carboxylic acids is 1. The van der Waals surface area contributed by atoms with E-state index in [1.807, 2.05) is 13.8 Å². The number of aliphatic hydroxyl groups excluding tert-OH is 1. The first-order chi connectivity index (χ1) is 8.93. The largest absolute Gasteiger partial charge is 0.489 e. The second kappa shape index (κ2) is 6.94. The monoisotopic (exact) mass is 270 g/mol. The molecule has 0 atom stereocenters. The van der Waals surface area contributed by atoms with Gasteiger partial charge >= 0.3 is 6.03 Å². The first kappa shape index (κ1) is 15.2. The molecule has 0 aliphatic heterocycles. The number of amides is 2. The number of urea groups is 1. The van der Waals surface area contributed by atoms with E-state index in [1.54, 1.807) is 0 Å². The molecule has 106 valence electrons. The SMILES string of the molecule is CC(C)Oc1ccc(F)cc1NC(=O)N(C)CCO. The molecule has 2 amide bonds. The van der Waals surface area contributed by atoms with Gasteiger partial charge in [0.05, 0.1) is 18.4 Å². The molecule has 19 heavy (non-hydrogen) atoms. The minimum absolute atomic E-state index is 0.0868. The summed E-state index contributed by atoms with van der Waals surface area (Å²) in [6.07, 6.45) is -0.0868. The zero-order valence-electron chi connectivity index (χ0n) is 11.3. The highest BCUT2D eigenvalue weighted by atomic mass is 19.1. The summed E-state index contributed by atoms with van der Waals surface area (Å²) in [6, 6.07) is 3.50. The van der Waals surface area contributed by atoms with Crippen molar-refractivity contribution in [2.24, 2.45) is 0 Å². The Balaban J connectivity index is 2.86. The Kier molecular flexibility index (Phi) is 5.57. The van der Waals surface area contributed by atoms with Crippen LogP contribution in [-0.4, -0.2) is 42.3 Å². The lowest BCUT2D eigenvalue weighted by Crippen LogP contribution is -2.33. The van der Waals surface area contributed by atoms with E-state index in [9.17, 15) is 9.18 Å². The third kappa shape index (κ3) is 4.75. The topological polar surface area (TPSA) is 61.8 Å². The summed E-state index contributed by atoms with van der Waals surface area (Å²) < 4.78 is 18.7. The van der Waals surface area contributed by atoms with Crippen molar-refractivity contribution in [1.29, 1.82) is 0 Å². The van der Waals surface area contributed by atoms with Crippen LogP contribution in [0.1, 0.15) is 13.8 Å². The summed E-state index contributed by atoms with van der Waals surface area (Å²) in [7, 11) is 1.54. The second-order valence-corrected chi connectivity index (χ2v) is 4.38. The molecule has 0 aliphatic carbocycles. The normalized spacial score (nSPS) is 10.4. The molecule has 6 heteroatoms. The first-order valence-electron chi connectivity index (χ1n) is 6.03. The zero-order valence-corrected chi connectivity index (χ0v) is 11.3. The van der Waals surface area contributed by atoms with Gasteiger partial charge in [-0.2, -0.15) is 0 Å². The van der Waals surface area contributed by atoms with Crippen molar-refractivity contribution in [1.82, 2.24) is 4.90 Å². The fourth-order valence-corrected chi connectivity index (χ4v) is 1.42. The smallest absolute Gasteiger partial charge is 0.321 e. The summed E-state index contributed by atoms with van der Waals surface area (Å²) in [5, 5.41) is 11.3. The highest BCUT2D eigenvalue weighted by Gasteiger charge is 2.13. The predicted molar refractivity (Wildman–Crippen MR) is 70.9 cm³/mol. The van der Waals surface area contributed by atoms with E-state index in [0.717, 1.165) is 0 Å². The molecule has 0 unspecified atom stereocenters. The molecule has 0 saturated heterocycles. The fourth-order valence-electron chi connectivity index (χ4n) is 1.42. The molecular weight excluding hydrogens is 251 g/mol. The molecule has 2 N–H and O–H groups in total. The van der Waals surface area contributed by atoms with Crippen LogP contribution in [-0.2, 0) is 0 Å². The first-order valence-corrected chi connectivity index (χ1v) is 6.03. The lowest BCUT2D eigenvalue weighted by atomic mass is 10.2. The van der Waals surface area contributed by atoms with E-state index in [1.165, 1.54) is 30.1 Å². The van der Waals surface area contributed by atoms with E-state index in [0.29, 0.717) is 5.75 Å². The van der Waals surface area contributed by atoms with Crippen molar-refractivity contribution in [3.8, 4) is 5.75 Å². The van der Waals surface area contributed by atoms with Gasteiger partial charge in [0.2, 0.25) is 0 Å². The van der Waals surface area contributed by atoms with Gasteiger partial charge < -0.3 is 20.1 Å². The van der Waals surface area contributed by atoms with Gasteiger partial charge in [-0.1, -0.05) is 0 Å². The minimum atomic E-state index is -0.462. The highest BCUT2D eigenvalue weighted by molar-refractivity contribution is 5.90. The molecule has 5 nitrogen and oxygen atoms in total. The number of halogens is 1. The number of rotatable bonds is 5. The average molecular weight is 270 g/mol. The number of benzene rings is 1. The number of anilines is 1. The zero-order chi connectivity index (χ0) is 14.4. The van der Waals surface area contributed by atoms with Gasteiger partial charge in [0.15, 0.2) is 0 Å². The van der Waals surface area contributed by atoms with Crippen LogP contribution in [0.2, 0.25) is 0 Å². The molecular formula is C13H19FN2O3.